The van der Waals surface area contributed by atoms with E-state index in [0.29, 0.717) is 31.8 Å². The third-order valence-corrected chi connectivity index (χ3v) is 6.53. The molecule has 0 aliphatic rings. The number of fused-ring (bicyclic) bond motifs is 2. The molecular formula is C20H15ClN2O2S2. The Kier molecular flexibility index (Phi) is 5.04. The molecule has 0 amide bonds. The van der Waals surface area contributed by atoms with E-state index in [9.17, 15) is 9.59 Å². The third kappa shape index (κ3) is 3.52. The molecule has 2 aromatic heterocycles. The summed E-state index contributed by atoms with van der Waals surface area (Å²) in [5, 5.41) is 3.20. The van der Waals surface area contributed by atoms with Gasteiger partial charge in [-0.3, -0.25) is 14.2 Å². The zero-order chi connectivity index (χ0) is 19.0. The maximum absolute atomic E-state index is 13.0. The summed E-state index contributed by atoms with van der Waals surface area (Å²) in [4.78, 5) is 30.6. The van der Waals surface area contributed by atoms with Crippen LogP contribution in [0.1, 0.15) is 16.6 Å². The van der Waals surface area contributed by atoms with E-state index in [1.165, 1.54) is 23.1 Å². The average Bonchev–Trinajstić information content (AvgIpc) is 3.11. The summed E-state index contributed by atoms with van der Waals surface area (Å²) in [5.74, 6) is 0.190. The highest BCUT2D eigenvalue weighted by molar-refractivity contribution is 7.99. The molecule has 0 aliphatic heterocycles. The van der Waals surface area contributed by atoms with Crippen molar-refractivity contribution >= 4 is 62.2 Å². The van der Waals surface area contributed by atoms with Crippen LogP contribution in [0.4, 0.5) is 0 Å². The van der Waals surface area contributed by atoms with E-state index in [1.54, 1.807) is 16.7 Å². The van der Waals surface area contributed by atoms with Crippen LogP contribution in [0.15, 0.2) is 58.5 Å². The molecule has 0 spiro atoms. The Morgan fingerprint density at radius 3 is 2.59 bits per heavy atom. The summed E-state index contributed by atoms with van der Waals surface area (Å²) in [5.41, 5.74) is 0.569. The van der Waals surface area contributed by atoms with Crippen LogP contribution in [0.3, 0.4) is 0 Å². The quantitative estimate of drug-likeness (QED) is 0.193. The summed E-state index contributed by atoms with van der Waals surface area (Å²) >= 11 is 8.45. The molecule has 2 aromatic carbocycles. The molecule has 0 aliphatic carbocycles. The van der Waals surface area contributed by atoms with Gasteiger partial charge in [0.2, 0.25) is 0 Å². The van der Waals surface area contributed by atoms with Crippen molar-refractivity contribution in [2.24, 2.45) is 0 Å². The smallest absolute Gasteiger partial charge is 0.262 e. The molecule has 4 nitrogen and oxygen atoms in total. The van der Waals surface area contributed by atoms with Gasteiger partial charge in [0.1, 0.15) is 0 Å². The number of halogens is 1. The molecule has 4 rings (SSSR count). The largest absolute Gasteiger partial charge is 0.292 e. The van der Waals surface area contributed by atoms with Gasteiger partial charge < -0.3 is 0 Å². The molecule has 0 fully saturated rings. The highest BCUT2D eigenvalue weighted by atomic mass is 35.5. The number of nitrogens with zero attached hydrogens (tertiary/aromatic N) is 2. The van der Waals surface area contributed by atoms with E-state index in [4.69, 9.17) is 11.6 Å². The normalized spacial score (nSPS) is 11.3. The Balaban J connectivity index is 1.74. The number of benzene rings is 2. The zero-order valence-electron chi connectivity index (χ0n) is 14.4. The summed E-state index contributed by atoms with van der Waals surface area (Å²) in [7, 11) is 0. The predicted molar refractivity (Wildman–Crippen MR) is 114 cm³/mol. The number of aromatic nitrogens is 2. The van der Waals surface area contributed by atoms with Gasteiger partial charge in [-0.15, -0.1) is 11.3 Å². The van der Waals surface area contributed by atoms with Gasteiger partial charge in [0, 0.05) is 6.54 Å². The molecule has 4 aromatic rings. The van der Waals surface area contributed by atoms with Gasteiger partial charge in [0.15, 0.2) is 10.9 Å². The van der Waals surface area contributed by atoms with Crippen LogP contribution in [0.2, 0.25) is 4.34 Å². The number of Topliss-reactive ketones (excluding diaryl/α,β-unsaturated/α-hetero) is 1. The Morgan fingerprint density at radius 2 is 1.93 bits per heavy atom. The van der Waals surface area contributed by atoms with E-state index in [1.807, 2.05) is 43.3 Å². The molecule has 0 unspecified atom stereocenters. The van der Waals surface area contributed by atoms with Gasteiger partial charge in [-0.2, -0.15) is 0 Å². The van der Waals surface area contributed by atoms with Crippen LogP contribution in [-0.2, 0) is 6.54 Å². The lowest BCUT2D eigenvalue weighted by Crippen LogP contribution is -2.23. The van der Waals surface area contributed by atoms with Crippen LogP contribution >= 0.6 is 34.7 Å². The molecule has 0 bridgehead atoms. The highest BCUT2D eigenvalue weighted by Gasteiger charge is 2.15. The number of thioether (sulfide) groups is 1. The lowest BCUT2D eigenvalue weighted by Gasteiger charge is -2.11. The first-order valence-electron chi connectivity index (χ1n) is 8.41. The number of carbonyl (C=O) groups is 1. The first kappa shape index (κ1) is 18.2. The third-order valence-electron chi connectivity index (χ3n) is 4.28. The van der Waals surface area contributed by atoms with Crippen molar-refractivity contribution in [2.75, 3.05) is 5.75 Å². The first-order chi connectivity index (χ1) is 13.1. The van der Waals surface area contributed by atoms with Gasteiger partial charge in [0.25, 0.3) is 5.56 Å². The zero-order valence-corrected chi connectivity index (χ0v) is 16.8. The van der Waals surface area contributed by atoms with Crippen molar-refractivity contribution in [1.82, 2.24) is 9.55 Å². The minimum absolute atomic E-state index is 0.0209. The number of thiophene rings is 1. The van der Waals surface area contributed by atoms with E-state index in [0.717, 1.165) is 10.8 Å². The fourth-order valence-corrected chi connectivity index (χ4v) is 4.96. The van der Waals surface area contributed by atoms with Crippen LogP contribution in [0.25, 0.3) is 21.7 Å². The van der Waals surface area contributed by atoms with E-state index >= 15 is 0 Å². The fraction of sp³-hybridized carbons (Fsp3) is 0.150. The molecule has 0 saturated carbocycles. The second kappa shape index (κ2) is 7.46. The summed E-state index contributed by atoms with van der Waals surface area (Å²) in [6, 6.07) is 15.1. The topological polar surface area (TPSA) is 52.0 Å². The number of carbonyl (C=O) groups excluding carboxylic acids is 1. The van der Waals surface area contributed by atoms with Crippen molar-refractivity contribution in [1.29, 1.82) is 0 Å². The maximum Gasteiger partial charge on any atom is 0.262 e. The minimum Gasteiger partial charge on any atom is -0.292 e. The van der Waals surface area contributed by atoms with Crippen molar-refractivity contribution in [3.63, 3.8) is 0 Å². The second-order valence-electron chi connectivity index (χ2n) is 5.98. The molecule has 136 valence electrons. The molecule has 27 heavy (non-hydrogen) atoms. The van der Waals surface area contributed by atoms with Gasteiger partial charge in [-0.05, 0) is 42.0 Å². The van der Waals surface area contributed by atoms with E-state index in [-0.39, 0.29) is 17.1 Å². The van der Waals surface area contributed by atoms with Crippen LogP contribution < -0.4 is 5.56 Å². The standard InChI is InChI=1S/C20H15ClN2O2S2/c1-2-23-19(25)14-9-12-5-3-4-6-13(12)10-15(14)22-20(23)26-11-16(24)17-7-8-18(21)27-17/h3-10H,2,11H2,1H3. The first-order valence-corrected chi connectivity index (χ1v) is 10.6. The number of hydrogen-bond donors (Lipinski definition) is 0. The molecule has 0 saturated heterocycles. The summed E-state index contributed by atoms with van der Waals surface area (Å²) in [6.07, 6.45) is 0. The maximum atomic E-state index is 13.0. The lowest BCUT2D eigenvalue weighted by atomic mass is 10.1. The summed E-state index contributed by atoms with van der Waals surface area (Å²) in [6.45, 7) is 2.40. The van der Waals surface area contributed by atoms with Crippen LogP contribution in [-0.4, -0.2) is 21.1 Å². The van der Waals surface area contributed by atoms with E-state index < -0.39 is 0 Å². The molecular weight excluding hydrogens is 400 g/mol. The van der Waals surface area contributed by atoms with Gasteiger partial charge >= 0.3 is 0 Å². The lowest BCUT2D eigenvalue weighted by molar-refractivity contribution is 0.102. The number of ketones is 1. The highest BCUT2D eigenvalue weighted by Crippen LogP contribution is 2.26. The molecule has 0 N–H and O–H groups in total. The minimum atomic E-state index is -0.0811. The van der Waals surface area contributed by atoms with Gasteiger partial charge in [0.05, 0.1) is 25.9 Å². The molecule has 2 heterocycles. The number of rotatable bonds is 5. The van der Waals surface area contributed by atoms with Crippen molar-refractivity contribution in [2.45, 2.75) is 18.6 Å². The second-order valence-corrected chi connectivity index (χ2v) is 8.63. The Bertz CT molecular complexity index is 1230. The SMILES string of the molecule is CCn1c(SCC(=O)c2ccc(Cl)s2)nc2cc3ccccc3cc2c1=O. The van der Waals surface area contributed by atoms with Crippen molar-refractivity contribution < 1.29 is 4.79 Å². The van der Waals surface area contributed by atoms with Crippen molar-refractivity contribution in [3.05, 3.63) is 68.1 Å². The Labute approximate surface area is 168 Å². The van der Waals surface area contributed by atoms with E-state index in [2.05, 4.69) is 4.98 Å². The number of hydrogen-bond acceptors (Lipinski definition) is 5. The molecule has 0 atom stereocenters. The van der Waals surface area contributed by atoms with Gasteiger partial charge in [-0.25, -0.2) is 4.98 Å². The Morgan fingerprint density at radius 1 is 1.19 bits per heavy atom. The van der Waals surface area contributed by atoms with Crippen molar-refractivity contribution in [3.8, 4) is 0 Å². The van der Waals surface area contributed by atoms with Crippen LogP contribution in [0.5, 0.6) is 0 Å². The average molecular weight is 415 g/mol. The molecule has 0 radical (unpaired) electrons. The summed E-state index contributed by atoms with van der Waals surface area (Å²) < 4.78 is 2.21. The molecule has 7 heteroatoms. The monoisotopic (exact) mass is 414 g/mol. The predicted octanol–water partition coefficient (Wildman–Crippen LogP) is 5.26. The van der Waals surface area contributed by atoms with Crippen LogP contribution in [0, 0.1) is 0 Å². The van der Waals surface area contributed by atoms with Gasteiger partial charge in [-0.1, -0.05) is 47.6 Å². The Hall–Kier alpha value is -2.15. The fourth-order valence-electron chi connectivity index (χ4n) is 2.94.